The van der Waals surface area contributed by atoms with Gasteiger partial charge in [0.25, 0.3) is 0 Å². The molecule has 3 aromatic rings. The summed E-state index contributed by atoms with van der Waals surface area (Å²) in [7, 11) is -3.38. The fourth-order valence-corrected chi connectivity index (χ4v) is 4.67. The minimum atomic E-state index is -3.38. The molecule has 0 aliphatic carbocycles. The van der Waals surface area contributed by atoms with Crippen LogP contribution in [0.2, 0.25) is 0 Å². The van der Waals surface area contributed by atoms with Crippen LogP contribution in [0.1, 0.15) is 45.5 Å². The van der Waals surface area contributed by atoms with E-state index in [0.29, 0.717) is 47.9 Å². The number of hydrogen-bond acceptors (Lipinski definition) is 8. The fraction of sp³-hybridized carbons (Fsp3) is 0.524. The fourth-order valence-electron chi connectivity index (χ4n) is 3.74. The number of rotatable bonds is 4. The Kier molecular flexibility index (Phi) is 5.05. The van der Waals surface area contributed by atoms with Crippen molar-refractivity contribution < 1.29 is 13.5 Å². The molecule has 0 saturated carbocycles. The molecule has 0 bridgehead atoms. The van der Waals surface area contributed by atoms with Gasteiger partial charge in [0.1, 0.15) is 5.82 Å². The first-order valence-corrected chi connectivity index (χ1v) is 12.1. The van der Waals surface area contributed by atoms with E-state index in [4.69, 9.17) is 4.98 Å². The van der Waals surface area contributed by atoms with E-state index >= 15 is 0 Å². The first-order chi connectivity index (χ1) is 14.3. The molecule has 1 atom stereocenters. The van der Waals surface area contributed by atoms with Crippen molar-refractivity contribution in [3.63, 3.8) is 0 Å². The maximum atomic E-state index is 12.2. The van der Waals surface area contributed by atoms with Crippen LogP contribution in [0.3, 0.4) is 0 Å². The average Bonchev–Trinajstić information content (AvgIpc) is 3.21. The van der Waals surface area contributed by atoms with E-state index in [-0.39, 0.29) is 16.9 Å². The summed E-state index contributed by atoms with van der Waals surface area (Å²) in [5, 5.41) is 19.6. The number of aromatic nitrogens is 5. The lowest BCUT2D eigenvalue weighted by Gasteiger charge is -2.22. The van der Waals surface area contributed by atoms with Crippen molar-refractivity contribution in [2.24, 2.45) is 0 Å². The molecule has 1 aliphatic heterocycles. The second-order valence-electron chi connectivity index (χ2n) is 9.57. The minimum absolute atomic E-state index is 0.196. The average molecular weight is 445 g/mol. The van der Waals surface area contributed by atoms with E-state index in [1.54, 1.807) is 24.3 Å². The van der Waals surface area contributed by atoms with Crippen molar-refractivity contribution in [1.82, 2.24) is 25.0 Å². The third-order valence-electron chi connectivity index (χ3n) is 5.38. The normalized spacial score (nSPS) is 20.0. The molecule has 166 valence electrons. The van der Waals surface area contributed by atoms with E-state index in [0.717, 1.165) is 0 Å². The number of hydrogen-bond donors (Lipinski definition) is 1. The van der Waals surface area contributed by atoms with Crippen LogP contribution < -0.4 is 4.90 Å². The molecule has 10 heteroatoms. The summed E-state index contributed by atoms with van der Waals surface area (Å²) < 4.78 is 24.3. The smallest absolute Gasteiger partial charge is 0.207 e. The van der Waals surface area contributed by atoms with Gasteiger partial charge in [-0.3, -0.25) is 0 Å². The Morgan fingerprint density at radius 1 is 1.16 bits per heavy atom. The summed E-state index contributed by atoms with van der Waals surface area (Å²) in [6, 6.07) is 6.84. The Morgan fingerprint density at radius 3 is 2.48 bits per heavy atom. The van der Waals surface area contributed by atoms with Crippen LogP contribution in [-0.4, -0.2) is 63.4 Å². The molecule has 1 N–H and O–H groups in total. The van der Waals surface area contributed by atoms with Gasteiger partial charge in [-0.1, -0.05) is 39.0 Å². The number of β-amino-alcohol motifs (C(OH)–C–C–N with tert-alkyl or cyclic N) is 1. The van der Waals surface area contributed by atoms with Crippen LogP contribution >= 0.6 is 0 Å². The van der Waals surface area contributed by atoms with Crippen molar-refractivity contribution in [2.45, 2.75) is 56.6 Å². The molecule has 1 unspecified atom stereocenters. The number of benzene rings is 1. The zero-order valence-electron chi connectivity index (χ0n) is 18.5. The van der Waals surface area contributed by atoms with Gasteiger partial charge in [-0.25, -0.2) is 18.4 Å². The van der Waals surface area contributed by atoms with Gasteiger partial charge in [-0.05, 0) is 25.0 Å². The number of sulfone groups is 1. The van der Waals surface area contributed by atoms with E-state index in [9.17, 15) is 13.5 Å². The Bertz CT molecular complexity index is 1240. The predicted molar refractivity (Wildman–Crippen MR) is 118 cm³/mol. The predicted octanol–water partition coefficient (Wildman–Crippen LogP) is 1.93. The lowest BCUT2D eigenvalue weighted by Crippen LogP contribution is -2.31. The van der Waals surface area contributed by atoms with E-state index < -0.39 is 15.4 Å². The standard InChI is InChI=1S/C21H28N6O3S/c1-20(2,3)19-22-17-16(18(23-19)26-11-10-21(4,28)13-26)24-27(25-17)12-14-8-6-7-9-15(14)31(5,29)30/h6-9,28H,10-13H2,1-5H3. The number of nitrogens with zero attached hydrogens (tertiary/aromatic N) is 6. The molecule has 4 rings (SSSR count). The van der Waals surface area contributed by atoms with Crippen LogP contribution in [0.25, 0.3) is 11.2 Å². The monoisotopic (exact) mass is 444 g/mol. The molecule has 0 spiro atoms. The third kappa shape index (κ3) is 4.40. The van der Waals surface area contributed by atoms with Crippen molar-refractivity contribution in [3.8, 4) is 0 Å². The van der Waals surface area contributed by atoms with Gasteiger partial charge in [-0.15, -0.1) is 10.2 Å². The largest absolute Gasteiger partial charge is 0.388 e. The highest BCUT2D eigenvalue weighted by molar-refractivity contribution is 7.90. The maximum Gasteiger partial charge on any atom is 0.207 e. The summed E-state index contributed by atoms with van der Waals surface area (Å²) in [4.78, 5) is 13.2. The molecule has 1 aliphatic rings. The highest BCUT2D eigenvalue weighted by Crippen LogP contribution is 2.31. The van der Waals surface area contributed by atoms with Gasteiger partial charge in [0.15, 0.2) is 21.2 Å². The minimum Gasteiger partial charge on any atom is -0.388 e. The Labute approximate surface area is 182 Å². The second kappa shape index (κ2) is 7.23. The van der Waals surface area contributed by atoms with Gasteiger partial charge < -0.3 is 10.0 Å². The lowest BCUT2D eigenvalue weighted by molar-refractivity contribution is 0.0839. The number of anilines is 1. The molecule has 1 fully saturated rings. The highest BCUT2D eigenvalue weighted by Gasteiger charge is 2.34. The van der Waals surface area contributed by atoms with Crippen molar-refractivity contribution >= 4 is 26.8 Å². The van der Waals surface area contributed by atoms with Gasteiger partial charge in [-0.2, -0.15) is 4.80 Å². The summed E-state index contributed by atoms with van der Waals surface area (Å²) in [6.07, 6.45) is 1.83. The van der Waals surface area contributed by atoms with Gasteiger partial charge >= 0.3 is 0 Å². The first kappa shape index (κ1) is 21.6. The van der Waals surface area contributed by atoms with E-state index in [1.807, 2.05) is 32.6 Å². The topological polar surface area (TPSA) is 114 Å². The molecular weight excluding hydrogens is 416 g/mol. The second-order valence-corrected chi connectivity index (χ2v) is 11.6. The Hall–Kier alpha value is -2.59. The molecule has 3 heterocycles. The first-order valence-electron chi connectivity index (χ1n) is 10.2. The molecular formula is C21H28N6O3S. The van der Waals surface area contributed by atoms with Gasteiger partial charge in [0.05, 0.1) is 17.0 Å². The van der Waals surface area contributed by atoms with Crippen molar-refractivity contribution in [1.29, 1.82) is 0 Å². The number of fused-ring (bicyclic) bond motifs is 1. The molecule has 1 saturated heterocycles. The Morgan fingerprint density at radius 2 is 1.87 bits per heavy atom. The van der Waals surface area contributed by atoms with Crippen LogP contribution in [0, 0.1) is 0 Å². The Balaban J connectivity index is 1.81. The van der Waals surface area contributed by atoms with Gasteiger partial charge in [0.2, 0.25) is 5.65 Å². The molecule has 9 nitrogen and oxygen atoms in total. The SMILES string of the molecule is CC1(O)CCN(c2nc(C(C)(C)C)nc3nn(Cc4ccccc4S(C)(=O)=O)nc23)C1. The zero-order valence-corrected chi connectivity index (χ0v) is 19.3. The van der Waals surface area contributed by atoms with Crippen LogP contribution in [0.5, 0.6) is 0 Å². The van der Waals surface area contributed by atoms with Crippen LogP contribution in [-0.2, 0) is 21.8 Å². The molecule has 0 radical (unpaired) electrons. The summed E-state index contributed by atoms with van der Waals surface area (Å²) in [5.41, 5.74) is 0.530. The summed E-state index contributed by atoms with van der Waals surface area (Å²) in [5.74, 6) is 1.29. The molecule has 0 amide bonds. The van der Waals surface area contributed by atoms with Crippen LogP contribution in [0.4, 0.5) is 5.82 Å². The molecule has 2 aromatic heterocycles. The number of aliphatic hydroxyl groups is 1. The summed E-state index contributed by atoms with van der Waals surface area (Å²) in [6.45, 7) is 9.22. The van der Waals surface area contributed by atoms with Gasteiger partial charge in [0, 0.05) is 24.8 Å². The molecule has 1 aromatic carbocycles. The zero-order chi connectivity index (χ0) is 22.6. The van der Waals surface area contributed by atoms with E-state index in [2.05, 4.69) is 15.2 Å². The highest BCUT2D eigenvalue weighted by atomic mass is 32.2. The summed E-state index contributed by atoms with van der Waals surface area (Å²) >= 11 is 0. The quantitative estimate of drug-likeness (QED) is 0.649. The third-order valence-corrected chi connectivity index (χ3v) is 6.58. The van der Waals surface area contributed by atoms with Crippen LogP contribution in [0.15, 0.2) is 29.2 Å². The van der Waals surface area contributed by atoms with Crippen molar-refractivity contribution in [2.75, 3.05) is 24.2 Å². The van der Waals surface area contributed by atoms with Crippen molar-refractivity contribution in [3.05, 3.63) is 35.7 Å². The maximum absolute atomic E-state index is 12.2. The van der Waals surface area contributed by atoms with E-state index in [1.165, 1.54) is 11.1 Å². The lowest BCUT2D eigenvalue weighted by atomic mass is 9.96. The molecule has 31 heavy (non-hydrogen) atoms.